The highest BCUT2D eigenvalue weighted by Crippen LogP contribution is 2.20. The minimum Gasteiger partial charge on any atom is -0.309 e. The van der Waals surface area contributed by atoms with E-state index in [1.165, 1.54) is 12.1 Å². The summed E-state index contributed by atoms with van der Waals surface area (Å²) in [7, 11) is 0. The van der Waals surface area contributed by atoms with Crippen molar-refractivity contribution < 1.29 is 8.78 Å². The van der Waals surface area contributed by atoms with Crippen molar-refractivity contribution in [2.75, 3.05) is 0 Å². The Morgan fingerprint density at radius 1 is 1.17 bits per heavy atom. The van der Waals surface area contributed by atoms with Crippen LogP contribution in [0.15, 0.2) is 24.3 Å². The third-order valence-corrected chi connectivity index (χ3v) is 2.49. The van der Waals surface area contributed by atoms with Crippen molar-refractivity contribution in [2.45, 2.75) is 26.4 Å². The standard InChI is InChI=1S/C13H15F2N3/c1-8(2)16-7-12-6-13(18-17-12)9-3-10(14)5-11(15)4-9/h3-6,8,16H,7H2,1-2H3,(H,17,18). The van der Waals surface area contributed by atoms with Crippen molar-refractivity contribution in [1.29, 1.82) is 0 Å². The van der Waals surface area contributed by atoms with E-state index < -0.39 is 11.6 Å². The van der Waals surface area contributed by atoms with Crippen LogP contribution < -0.4 is 5.32 Å². The number of nitrogens with one attached hydrogen (secondary N) is 2. The summed E-state index contributed by atoms with van der Waals surface area (Å²) in [5, 5.41) is 10.1. The lowest BCUT2D eigenvalue weighted by Gasteiger charge is -2.04. The van der Waals surface area contributed by atoms with Crippen LogP contribution in [0.3, 0.4) is 0 Å². The second-order valence-electron chi connectivity index (χ2n) is 4.47. The van der Waals surface area contributed by atoms with Gasteiger partial charge >= 0.3 is 0 Å². The molecule has 0 amide bonds. The van der Waals surface area contributed by atoms with Gasteiger partial charge in [0.1, 0.15) is 11.6 Å². The SMILES string of the molecule is CC(C)NCc1cc(-c2cc(F)cc(F)c2)n[nH]1. The Bertz CT molecular complexity index is 515. The van der Waals surface area contributed by atoms with Crippen molar-refractivity contribution in [3.05, 3.63) is 41.6 Å². The molecule has 3 nitrogen and oxygen atoms in total. The van der Waals surface area contributed by atoms with Crippen molar-refractivity contribution >= 4 is 0 Å². The second kappa shape index (κ2) is 5.27. The summed E-state index contributed by atoms with van der Waals surface area (Å²) in [6.45, 7) is 4.72. The van der Waals surface area contributed by atoms with E-state index in [2.05, 4.69) is 15.5 Å². The molecule has 1 heterocycles. The van der Waals surface area contributed by atoms with Crippen LogP contribution in [-0.4, -0.2) is 16.2 Å². The third-order valence-electron chi connectivity index (χ3n) is 2.49. The minimum absolute atomic E-state index is 0.364. The second-order valence-corrected chi connectivity index (χ2v) is 4.47. The highest BCUT2D eigenvalue weighted by molar-refractivity contribution is 5.59. The normalized spacial score (nSPS) is 11.2. The van der Waals surface area contributed by atoms with E-state index in [9.17, 15) is 8.78 Å². The van der Waals surface area contributed by atoms with E-state index in [4.69, 9.17) is 0 Å². The fourth-order valence-electron chi connectivity index (χ4n) is 1.62. The van der Waals surface area contributed by atoms with Crippen molar-refractivity contribution in [3.63, 3.8) is 0 Å². The lowest BCUT2D eigenvalue weighted by molar-refractivity contribution is 0.580. The van der Waals surface area contributed by atoms with Gasteiger partial charge in [-0.25, -0.2) is 8.78 Å². The fraction of sp³-hybridized carbons (Fsp3) is 0.308. The van der Waals surface area contributed by atoms with Crippen LogP contribution in [-0.2, 0) is 6.54 Å². The molecule has 0 unspecified atom stereocenters. The average Bonchev–Trinajstić information content (AvgIpc) is 2.73. The number of H-pyrrole nitrogens is 1. The quantitative estimate of drug-likeness (QED) is 0.877. The van der Waals surface area contributed by atoms with E-state index in [1.807, 2.05) is 13.8 Å². The van der Waals surface area contributed by atoms with Crippen LogP contribution in [0, 0.1) is 11.6 Å². The first-order valence-electron chi connectivity index (χ1n) is 5.79. The summed E-state index contributed by atoms with van der Waals surface area (Å²) in [5.41, 5.74) is 1.84. The Labute approximate surface area is 104 Å². The molecule has 0 saturated carbocycles. The molecule has 2 rings (SSSR count). The zero-order chi connectivity index (χ0) is 13.1. The zero-order valence-corrected chi connectivity index (χ0v) is 10.3. The molecule has 0 bridgehead atoms. The summed E-state index contributed by atoms with van der Waals surface area (Å²) in [6, 6.07) is 5.52. The fourth-order valence-corrected chi connectivity index (χ4v) is 1.62. The van der Waals surface area contributed by atoms with Gasteiger partial charge in [-0.15, -0.1) is 0 Å². The summed E-state index contributed by atoms with van der Waals surface area (Å²) in [4.78, 5) is 0. The van der Waals surface area contributed by atoms with Crippen LogP contribution in [0.2, 0.25) is 0 Å². The Hall–Kier alpha value is -1.75. The number of nitrogens with zero attached hydrogens (tertiary/aromatic N) is 1. The summed E-state index contributed by atoms with van der Waals surface area (Å²) in [5.74, 6) is -1.20. The van der Waals surface area contributed by atoms with Crippen molar-refractivity contribution in [1.82, 2.24) is 15.5 Å². The van der Waals surface area contributed by atoms with Gasteiger partial charge < -0.3 is 5.32 Å². The van der Waals surface area contributed by atoms with Gasteiger partial charge in [-0.3, -0.25) is 5.10 Å². The molecule has 0 aliphatic heterocycles. The van der Waals surface area contributed by atoms with E-state index >= 15 is 0 Å². The summed E-state index contributed by atoms with van der Waals surface area (Å²) in [6.07, 6.45) is 0. The number of halogens is 2. The molecule has 0 spiro atoms. The van der Waals surface area contributed by atoms with Gasteiger partial charge in [0.15, 0.2) is 0 Å². The number of aromatic nitrogens is 2. The molecule has 1 aromatic heterocycles. The predicted octanol–water partition coefficient (Wildman–Crippen LogP) is 2.85. The molecular weight excluding hydrogens is 236 g/mol. The largest absolute Gasteiger partial charge is 0.309 e. The monoisotopic (exact) mass is 251 g/mol. The first-order valence-corrected chi connectivity index (χ1v) is 5.79. The van der Waals surface area contributed by atoms with E-state index in [0.717, 1.165) is 11.8 Å². The van der Waals surface area contributed by atoms with Gasteiger partial charge in [0.05, 0.1) is 5.69 Å². The maximum atomic E-state index is 13.1. The molecule has 5 heteroatoms. The maximum Gasteiger partial charge on any atom is 0.126 e. The topological polar surface area (TPSA) is 40.7 Å². The van der Waals surface area contributed by atoms with E-state index in [1.54, 1.807) is 6.07 Å². The molecule has 0 radical (unpaired) electrons. The molecule has 0 fully saturated rings. The number of aromatic amines is 1. The molecule has 2 aromatic rings. The number of hydrogen-bond acceptors (Lipinski definition) is 2. The van der Waals surface area contributed by atoms with Crippen molar-refractivity contribution in [2.24, 2.45) is 0 Å². The van der Waals surface area contributed by atoms with E-state index in [0.29, 0.717) is 23.8 Å². The van der Waals surface area contributed by atoms with Crippen LogP contribution in [0.4, 0.5) is 8.78 Å². The number of hydrogen-bond donors (Lipinski definition) is 2. The van der Waals surface area contributed by atoms with Crippen LogP contribution >= 0.6 is 0 Å². The Morgan fingerprint density at radius 2 is 1.83 bits per heavy atom. The van der Waals surface area contributed by atoms with Crippen LogP contribution in [0.5, 0.6) is 0 Å². The molecule has 0 aliphatic rings. The number of benzene rings is 1. The lowest BCUT2D eigenvalue weighted by atomic mass is 10.1. The maximum absolute atomic E-state index is 13.1. The smallest absolute Gasteiger partial charge is 0.126 e. The van der Waals surface area contributed by atoms with Crippen molar-refractivity contribution in [3.8, 4) is 11.3 Å². The number of rotatable bonds is 4. The predicted molar refractivity (Wildman–Crippen MR) is 65.9 cm³/mol. The molecule has 0 saturated heterocycles. The summed E-state index contributed by atoms with van der Waals surface area (Å²) < 4.78 is 26.2. The lowest BCUT2D eigenvalue weighted by Crippen LogP contribution is -2.21. The first kappa shape index (κ1) is 12.7. The molecule has 96 valence electrons. The van der Waals surface area contributed by atoms with Crippen LogP contribution in [0.25, 0.3) is 11.3 Å². The van der Waals surface area contributed by atoms with Gasteiger partial charge in [0, 0.05) is 29.9 Å². The Morgan fingerprint density at radius 3 is 2.44 bits per heavy atom. The third kappa shape index (κ3) is 3.13. The molecular formula is C13H15F2N3. The molecule has 2 N–H and O–H groups in total. The average molecular weight is 251 g/mol. The molecule has 0 atom stereocenters. The molecule has 1 aromatic carbocycles. The van der Waals surface area contributed by atoms with Gasteiger partial charge in [-0.2, -0.15) is 5.10 Å². The van der Waals surface area contributed by atoms with Gasteiger partial charge in [-0.1, -0.05) is 13.8 Å². The highest BCUT2D eigenvalue weighted by Gasteiger charge is 2.07. The van der Waals surface area contributed by atoms with Gasteiger partial charge in [-0.05, 0) is 18.2 Å². The molecule has 18 heavy (non-hydrogen) atoms. The van der Waals surface area contributed by atoms with Gasteiger partial charge in [0.25, 0.3) is 0 Å². The molecule has 0 aliphatic carbocycles. The summed E-state index contributed by atoms with van der Waals surface area (Å²) >= 11 is 0. The Kier molecular flexibility index (Phi) is 3.72. The van der Waals surface area contributed by atoms with E-state index in [-0.39, 0.29) is 0 Å². The zero-order valence-electron chi connectivity index (χ0n) is 10.3. The highest BCUT2D eigenvalue weighted by atomic mass is 19.1. The first-order chi connectivity index (χ1) is 8.54. The Balaban J connectivity index is 2.18. The van der Waals surface area contributed by atoms with Gasteiger partial charge in [0.2, 0.25) is 0 Å². The van der Waals surface area contributed by atoms with Crippen LogP contribution in [0.1, 0.15) is 19.5 Å². The minimum atomic E-state index is -0.602.